The quantitative estimate of drug-likeness (QED) is 0.858. The number of benzene rings is 1. The van der Waals surface area contributed by atoms with Crippen LogP contribution in [0.1, 0.15) is 31.9 Å². The van der Waals surface area contributed by atoms with E-state index in [-0.39, 0.29) is 0 Å². The Morgan fingerprint density at radius 2 is 1.82 bits per heavy atom. The molecule has 0 aliphatic carbocycles. The number of nitrogens with one attached hydrogen (secondary N) is 1. The van der Waals surface area contributed by atoms with Crippen molar-refractivity contribution in [2.24, 2.45) is 5.92 Å². The fourth-order valence-corrected chi connectivity index (χ4v) is 2.73. The zero-order valence-electron chi connectivity index (χ0n) is 11.0. The largest absolute Gasteiger partial charge is 0.314 e. The molecule has 1 aliphatic rings. The molecule has 1 unspecified atom stereocenters. The molecule has 0 aromatic heterocycles. The van der Waals surface area contributed by atoms with Crippen molar-refractivity contribution in [3.63, 3.8) is 0 Å². The van der Waals surface area contributed by atoms with Crippen LogP contribution in [-0.2, 0) is 0 Å². The van der Waals surface area contributed by atoms with Gasteiger partial charge in [0.15, 0.2) is 0 Å². The molecule has 0 spiro atoms. The Kier molecular flexibility index (Phi) is 4.57. The second kappa shape index (κ2) is 6.18. The first-order valence-electron chi connectivity index (χ1n) is 6.82. The van der Waals surface area contributed by atoms with Gasteiger partial charge in [0.05, 0.1) is 0 Å². The normalized spacial score (nSPS) is 21.1. The number of rotatable bonds is 4. The van der Waals surface area contributed by atoms with Crippen LogP contribution in [0.4, 0.5) is 0 Å². The summed E-state index contributed by atoms with van der Waals surface area (Å²) in [5.41, 5.74) is 1.48. The number of nitrogens with zero attached hydrogens (tertiary/aromatic N) is 1. The second-order valence-corrected chi connectivity index (χ2v) is 5.03. The Balaban J connectivity index is 2.18. The molecule has 2 nitrogen and oxygen atoms in total. The van der Waals surface area contributed by atoms with Gasteiger partial charge in [-0.3, -0.25) is 4.90 Å². The van der Waals surface area contributed by atoms with Crippen LogP contribution in [0.3, 0.4) is 0 Å². The molecule has 0 bridgehead atoms. The Bertz CT molecular complexity index is 317. The molecule has 2 atom stereocenters. The molecule has 2 rings (SSSR count). The van der Waals surface area contributed by atoms with Crippen molar-refractivity contribution in [2.75, 3.05) is 26.2 Å². The van der Waals surface area contributed by atoms with Gasteiger partial charge in [-0.05, 0) is 11.5 Å². The summed E-state index contributed by atoms with van der Waals surface area (Å²) < 4.78 is 0. The molecule has 0 amide bonds. The lowest BCUT2D eigenvalue weighted by Gasteiger charge is -2.38. The van der Waals surface area contributed by atoms with E-state index in [0.717, 1.165) is 19.0 Å². The highest BCUT2D eigenvalue weighted by Gasteiger charge is 2.25. The first-order valence-corrected chi connectivity index (χ1v) is 6.82. The van der Waals surface area contributed by atoms with Gasteiger partial charge in [0.25, 0.3) is 0 Å². The summed E-state index contributed by atoms with van der Waals surface area (Å²) in [6.07, 6.45) is 1.24. The van der Waals surface area contributed by atoms with E-state index in [1.54, 1.807) is 0 Å². The zero-order valence-corrected chi connectivity index (χ0v) is 11.0. The van der Waals surface area contributed by atoms with Crippen molar-refractivity contribution in [1.29, 1.82) is 0 Å². The van der Waals surface area contributed by atoms with E-state index >= 15 is 0 Å². The summed E-state index contributed by atoms with van der Waals surface area (Å²) in [6, 6.07) is 11.6. The van der Waals surface area contributed by atoms with E-state index in [0.29, 0.717) is 6.04 Å². The standard InChI is InChI=1S/C15H24N2/c1-3-13(2)15(14-7-5-4-6-8-14)17-11-9-16-10-12-17/h4-8,13,15-16H,3,9-12H2,1-2H3/t13?,15-/m0/s1. The molecule has 0 saturated carbocycles. The molecule has 1 heterocycles. The van der Waals surface area contributed by atoms with E-state index in [1.807, 2.05) is 0 Å². The van der Waals surface area contributed by atoms with E-state index < -0.39 is 0 Å². The van der Waals surface area contributed by atoms with Gasteiger partial charge in [0, 0.05) is 32.2 Å². The fraction of sp³-hybridized carbons (Fsp3) is 0.600. The lowest BCUT2D eigenvalue weighted by atomic mass is 9.90. The molecule has 1 aromatic rings. The van der Waals surface area contributed by atoms with Crippen molar-refractivity contribution in [3.8, 4) is 0 Å². The van der Waals surface area contributed by atoms with E-state index in [4.69, 9.17) is 0 Å². The Hall–Kier alpha value is -0.860. The van der Waals surface area contributed by atoms with Crippen molar-refractivity contribution in [2.45, 2.75) is 26.3 Å². The van der Waals surface area contributed by atoms with Crippen molar-refractivity contribution in [1.82, 2.24) is 10.2 Å². The van der Waals surface area contributed by atoms with Crippen LogP contribution in [0.5, 0.6) is 0 Å². The maximum absolute atomic E-state index is 3.44. The van der Waals surface area contributed by atoms with Gasteiger partial charge >= 0.3 is 0 Å². The van der Waals surface area contributed by atoms with E-state index in [1.165, 1.54) is 25.1 Å². The Labute approximate surface area is 105 Å². The second-order valence-electron chi connectivity index (χ2n) is 5.03. The maximum Gasteiger partial charge on any atom is 0.0374 e. The predicted molar refractivity (Wildman–Crippen MR) is 73.1 cm³/mol. The molecule has 1 aliphatic heterocycles. The van der Waals surface area contributed by atoms with Crippen LogP contribution in [0.25, 0.3) is 0 Å². The molecule has 1 saturated heterocycles. The smallest absolute Gasteiger partial charge is 0.0374 e. The average molecular weight is 232 g/mol. The highest BCUT2D eigenvalue weighted by Crippen LogP contribution is 2.30. The van der Waals surface area contributed by atoms with E-state index in [9.17, 15) is 0 Å². The Morgan fingerprint density at radius 1 is 1.18 bits per heavy atom. The summed E-state index contributed by atoms with van der Waals surface area (Å²) in [5, 5.41) is 3.44. The third kappa shape index (κ3) is 3.08. The van der Waals surface area contributed by atoms with Crippen LogP contribution in [-0.4, -0.2) is 31.1 Å². The van der Waals surface area contributed by atoms with Crippen LogP contribution < -0.4 is 5.32 Å². The molecule has 2 heteroatoms. The topological polar surface area (TPSA) is 15.3 Å². The highest BCUT2D eigenvalue weighted by molar-refractivity contribution is 5.20. The van der Waals surface area contributed by atoms with Gasteiger partial charge < -0.3 is 5.32 Å². The molecule has 1 fully saturated rings. The Morgan fingerprint density at radius 3 is 2.41 bits per heavy atom. The van der Waals surface area contributed by atoms with E-state index in [2.05, 4.69) is 54.4 Å². The SMILES string of the molecule is CCC(C)[C@@H](c1ccccc1)N1CCNCC1. The number of hydrogen-bond donors (Lipinski definition) is 1. The van der Waals surface area contributed by atoms with Gasteiger partial charge in [-0.15, -0.1) is 0 Å². The summed E-state index contributed by atoms with van der Waals surface area (Å²) in [5.74, 6) is 0.718. The van der Waals surface area contributed by atoms with Gasteiger partial charge in [-0.2, -0.15) is 0 Å². The number of hydrogen-bond acceptors (Lipinski definition) is 2. The molecule has 1 N–H and O–H groups in total. The molecular weight excluding hydrogens is 208 g/mol. The number of piperazine rings is 1. The summed E-state index contributed by atoms with van der Waals surface area (Å²) in [7, 11) is 0. The van der Waals surface area contributed by atoms with Crippen molar-refractivity contribution >= 4 is 0 Å². The average Bonchev–Trinajstić information content (AvgIpc) is 2.41. The minimum atomic E-state index is 0.586. The third-order valence-electron chi connectivity index (χ3n) is 3.87. The predicted octanol–water partition coefficient (Wildman–Crippen LogP) is 2.68. The lowest BCUT2D eigenvalue weighted by Crippen LogP contribution is -2.46. The fourth-order valence-electron chi connectivity index (χ4n) is 2.73. The van der Waals surface area contributed by atoms with Gasteiger partial charge in [-0.25, -0.2) is 0 Å². The van der Waals surface area contributed by atoms with Crippen molar-refractivity contribution in [3.05, 3.63) is 35.9 Å². The highest BCUT2D eigenvalue weighted by atomic mass is 15.2. The van der Waals surface area contributed by atoms with Gasteiger partial charge in [-0.1, -0.05) is 50.6 Å². The lowest BCUT2D eigenvalue weighted by molar-refractivity contribution is 0.128. The first kappa shape index (κ1) is 12.6. The molecule has 94 valence electrons. The zero-order chi connectivity index (χ0) is 12.1. The van der Waals surface area contributed by atoms with Crippen LogP contribution in [0, 0.1) is 5.92 Å². The van der Waals surface area contributed by atoms with Crippen LogP contribution in [0.2, 0.25) is 0 Å². The van der Waals surface area contributed by atoms with Crippen LogP contribution in [0.15, 0.2) is 30.3 Å². The maximum atomic E-state index is 3.44. The van der Waals surface area contributed by atoms with Gasteiger partial charge in [0.2, 0.25) is 0 Å². The molecule has 17 heavy (non-hydrogen) atoms. The monoisotopic (exact) mass is 232 g/mol. The first-order chi connectivity index (χ1) is 8.33. The third-order valence-corrected chi connectivity index (χ3v) is 3.87. The molecular formula is C15H24N2. The summed E-state index contributed by atoms with van der Waals surface area (Å²) >= 11 is 0. The summed E-state index contributed by atoms with van der Waals surface area (Å²) in [6.45, 7) is 9.26. The molecule has 0 radical (unpaired) electrons. The van der Waals surface area contributed by atoms with Crippen molar-refractivity contribution < 1.29 is 0 Å². The van der Waals surface area contributed by atoms with Gasteiger partial charge in [0.1, 0.15) is 0 Å². The van der Waals surface area contributed by atoms with Crippen LogP contribution >= 0.6 is 0 Å². The minimum Gasteiger partial charge on any atom is -0.314 e. The minimum absolute atomic E-state index is 0.586. The summed E-state index contributed by atoms with van der Waals surface area (Å²) in [4.78, 5) is 2.64. The molecule has 1 aromatic carbocycles.